The predicted octanol–water partition coefficient (Wildman–Crippen LogP) is 3.08. The number of hydrogen-bond acceptors (Lipinski definition) is 4. The minimum Gasteiger partial charge on any atom is -0.355 e. The Morgan fingerprint density at radius 3 is 2.52 bits per heavy atom. The summed E-state index contributed by atoms with van der Waals surface area (Å²) in [7, 11) is 2.12. The highest BCUT2D eigenvalue weighted by Gasteiger charge is 2.41. The lowest BCUT2D eigenvalue weighted by Gasteiger charge is -2.39. The number of aromatic nitrogens is 1. The van der Waals surface area contributed by atoms with E-state index in [1.807, 2.05) is 25.1 Å². The van der Waals surface area contributed by atoms with Crippen molar-refractivity contribution in [3.63, 3.8) is 0 Å². The molecule has 1 fully saturated rings. The van der Waals surface area contributed by atoms with Crippen LogP contribution in [0.5, 0.6) is 0 Å². The van der Waals surface area contributed by atoms with Crippen molar-refractivity contribution in [2.24, 2.45) is 0 Å². The maximum absolute atomic E-state index is 13.1. The zero-order chi connectivity index (χ0) is 17.9. The number of benzene rings is 1. The third-order valence-corrected chi connectivity index (χ3v) is 6.43. The molecule has 1 aliphatic heterocycles. The normalized spacial score (nSPS) is 17.4. The van der Waals surface area contributed by atoms with Crippen molar-refractivity contribution in [1.82, 2.24) is 15.2 Å². The van der Waals surface area contributed by atoms with E-state index in [1.54, 1.807) is 11.3 Å². The minimum atomic E-state index is -0.400. The van der Waals surface area contributed by atoms with Gasteiger partial charge in [0.05, 0.1) is 16.1 Å². The number of amides is 1. The molecule has 5 heteroatoms. The first-order valence-corrected chi connectivity index (χ1v) is 9.78. The molecule has 134 valence electrons. The first-order chi connectivity index (χ1) is 12.0. The van der Waals surface area contributed by atoms with Gasteiger partial charge in [0, 0.05) is 17.8 Å². The zero-order valence-electron chi connectivity index (χ0n) is 15.3. The highest BCUT2D eigenvalue weighted by Crippen LogP contribution is 2.35. The van der Waals surface area contributed by atoms with Gasteiger partial charge in [0.1, 0.15) is 0 Å². The highest BCUT2D eigenvalue weighted by atomic mass is 32.1. The van der Waals surface area contributed by atoms with E-state index < -0.39 is 5.41 Å². The second-order valence-electron chi connectivity index (χ2n) is 7.01. The van der Waals surface area contributed by atoms with E-state index >= 15 is 0 Å². The largest absolute Gasteiger partial charge is 0.355 e. The van der Waals surface area contributed by atoms with Gasteiger partial charge in [-0.15, -0.1) is 11.3 Å². The molecule has 0 unspecified atom stereocenters. The lowest BCUT2D eigenvalue weighted by atomic mass is 9.72. The number of nitrogens with zero attached hydrogens (tertiary/aromatic N) is 2. The summed E-state index contributed by atoms with van der Waals surface area (Å²) >= 11 is 1.73. The molecular formula is C20H27N3OS. The van der Waals surface area contributed by atoms with Gasteiger partial charge in [-0.3, -0.25) is 4.79 Å². The van der Waals surface area contributed by atoms with Gasteiger partial charge in [0.15, 0.2) is 0 Å². The third-order valence-electron chi connectivity index (χ3n) is 5.30. The number of hydrogen-bond donors (Lipinski definition) is 1. The van der Waals surface area contributed by atoms with E-state index in [-0.39, 0.29) is 5.91 Å². The molecule has 0 atom stereocenters. The minimum absolute atomic E-state index is 0.164. The van der Waals surface area contributed by atoms with Crippen molar-refractivity contribution in [2.45, 2.75) is 38.5 Å². The number of thiazole rings is 1. The molecule has 3 rings (SSSR count). The number of carbonyl (C=O) groups excluding carboxylic acids is 1. The number of carbonyl (C=O) groups is 1. The Bertz CT molecular complexity index is 698. The summed E-state index contributed by atoms with van der Waals surface area (Å²) in [4.78, 5) is 21.3. The van der Waals surface area contributed by atoms with Crippen LogP contribution in [0.15, 0.2) is 30.3 Å². The van der Waals surface area contributed by atoms with Crippen molar-refractivity contribution in [3.8, 4) is 0 Å². The van der Waals surface area contributed by atoms with Crippen LogP contribution in [-0.2, 0) is 16.6 Å². The van der Waals surface area contributed by atoms with E-state index in [0.29, 0.717) is 6.54 Å². The van der Waals surface area contributed by atoms with Gasteiger partial charge < -0.3 is 10.2 Å². The summed E-state index contributed by atoms with van der Waals surface area (Å²) in [5.74, 6) is 0.164. The van der Waals surface area contributed by atoms with Crippen LogP contribution in [0.1, 0.15) is 34.0 Å². The van der Waals surface area contributed by atoms with E-state index in [2.05, 4.69) is 41.3 Å². The van der Waals surface area contributed by atoms with E-state index in [0.717, 1.165) is 48.6 Å². The maximum atomic E-state index is 13.1. The van der Waals surface area contributed by atoms with Crippen molar-refractivity contribution in [1.29, 1.82) is 0 Å². The molecular weight excluding hydrogens is 330 g/mol. The molecule has 1 aromatic heterocycles. The molecule has 0 aliphatic carbocycles. The van der Waals surface area contributed by atoms with Gasteiger partial charge in [0.25, 0.3) is 0 Å². The number of likely N-dealkylation sites (tertiary alicyclic amines) is 1. The average Bonchev–Trinajstić information content (AvgIpc) is 2.94. The molecule has 1 saturated heterocycles. The Balaban J connectivity index is 1.69. The van der Waals surface area contributed by atoms with Gasteiger partial charge in [-0.25, -0.2) is 4.98 Å². The Hall–Kier alpha value is -1.72. The maximum Gasteiger partial charge on any atom is 0.230 e. The molecule has 0 spiro atoms. The lowest BCUT2D eigenvalue weighted by molar-refractivity contribution is -0.128. The lowest BCUT2D eigenvalue weighted by Crippen LogP contribution is -2.51. The van der Waals surface area contributed by atoms with Crippen LogP contribution in [0.25, 0.3) is 0 Å². The van der Waals surface area contributed by atoms with E-state index in [4.69, 9.17) is 0 Å². The number of rotatable bonds is 5. The second-order valence-corrected chi connectivity index (χ2v) is 8.29. The summed E-state index contributed by atoms with van der Waals surface area (Å²) in [5.41, 5.74) is 1.84. The van der Waals surface area contributed by atoms with Crippen molar-refractivity contribution in [3.05, 3.63) is 51.5 Å². The average molecular weight is 358 g/mol. The first kappa shape index (κ1) is 18.1. The Kier molecular flexibility index (Phi) is 5.54. The quantitative estimate of drug-likeness (QED) is 0.894. The van der Waals surface area contributed by atoms with Crippen molar-refractivity contribution < 1.29 is 4.79 Å². The molecule has 1 N–H and O–H groups in total. The Morgan fingerprint density at radius 2 is 1.92 bits per heavy atom. The van der Waals surface area contributed by atoms with Crippen LogP contribution in [-0.4, -0.2) is 42.5 Å². The molecule has 0 saturated carbocycles. The van der Waals surface area contributed by atoms with Crippen LogP contribution in [0, 0.1) is 13.8 Å². The molecule has 2 aromatic rings. The molecule has 2 heterocycles. The number of nitrogens with one attached hydrogen (secondary N) is 1. The molecule has 0 radical (unpaired) electrons. The molecule has 1 aliphatic rings. The fourth-order valence-corrected chi connectivity index (χ4v) is 4.44. The van der Waals surface area contributed by atoms with Crippen LogP contribution < -0.4 is 5.32 Å². The highest BCUT2D eigenvalue weighted by molar-refractivity contribution is 7.11. The standard InChI is InChI=1S/C20H27N3OS/c1-15-16(2)25-18(22-15)9-12-21-19(24)20(10-13-23(3)14-11-20)17-7-5-4-6-8-17/h4-8H,9-14H2,1-3H3,(H,21,24). The van der Waals surface area contributed by atoms with Gasteiger partial charge in [-0.05, 0) is 52.4 Å². The molecule has 4 nitrogen and oxygen atoms in total. The molecule has 0 bridgehead atoms. The van der Waals surface area contributed by atoms with E-state index in [9.17, 15) is 4.79 Å². The fourth-order valence-electron chi connectivity index (χ4n) is 3.50. The number of aryl methyl sites for hydroxylation is 2. The molecule has 25 heavy (non-hydrogen) atoms. The molecule has 1 amide bonds. The summed E-state index contributed by atoms with van der Waals surface area (Å²) < 4.78 is 0. The van der Waals surface area contributed by atoms with Crippen molar-refractivity contribution >= 4 is 17.2 Å². The van der Waals surface area contributed by atoms with Gasteiger partial charge in [0.2, 0.25) is 5.91 Å². The van der Waals surface area contributed by atoms with Crippen LogP contribution in [0.2, 0.25) is 0 Å². The van der Waals surface area contributed by atoms with Crippen LogP contribution in [0.4, 0.5) is 0 Å². The van der Waals surface area contributed by atoms with Crippen molar-refractivity contribution in [2.75, 3.05) is 26.7 Å². The van der Waals surface area contributed by atoms with Gasteiger partial charge in [-0.2, -0.15) is 0 Å². The summed E-state index contributed by atoms with van der Waals surface area (Å²) in [6, 6.07) is 10.3. The van der Waals surface area contributed by atoms with Crippen LogP contribution >= 0.6 is 11.3 Å². The topological polar surface area (TPSA) is 45.2 Å². The Morgan fingerprint density at radius 1 is 1.24 bits per heavy atom. The fraction of sp³-hybridized carbons (Fsp3) is 0.500. The number of piperidine rings is 1. The van der Waals surface area contributed by atoms with E-state index in [1.165, 1.54) is 4.88 Å². The summed E-state index contributed by atoms with van der Waals surface area (Å²) in [6.45, 7) is 6.69. The summed E-state index contributed by atoms with van der Waals surface area (Å²) in [5, 5.41) is 4.30. The second kappa shape index (κ2) is 7.67. The first-order valence-electron chi connectivity index (χ1n) is 8.96. The molecule has 1 aromatic carbocycles. The predicted molar refractivity (Wildman–Crippen MR) is 103 cm³/mol. The smallest absolute Gasteiger partial charge is 0.230 e. The Labute approximate surface area is 154 Å². The summed E-state index contributed by atoms with van der Waals surface area (Å²) in [6.07, 6.45) is 2.54. The van der Waals surface area contributed by atoms with Gasteiger partial charge in [-0.1, -0.05) is 30.3 Å². The SMILES string of the molecule is Cc1nc(CCNC(=O)C2(c3ccccc3)CCN(C)CC2)sc1C. The van der Waals surface area contributed by atoms with Crippen LogP contribution in [0.3, 0.4) is 0 Å². The van der Waals surface area contributed by atoms with Gasteiger partial charge >= 0.3 is 0 Å². The monoisotopic (exact) mass is 357 g/mol. The third kappa shape index (κ3) is 3.93. The zero-order valence-corrected chi connectivity index (χ0v) is 16.2.